The Morgan fingerprint density at radius 3 is 2.43 bits per heavy atom. The van der Waals surface area contributed by atoms with E-state index in [1.807, 2.05) is 32.0 Å². The molecule has 2 N–H and O–H groups in total. The molecule has 180 valence electrons. The highest BCUT2D eigenvalue weighted by Gasteiger charge is 2.18. The molecule has 1 heterocycles. The fraction of sp³-hybridized carbons (Fsp3) is 0.160. The van der Waals surface area contributed by atoms with Crippen LogP contribution in [0.25, 0.3) is 5.69 Å². The average Bonchev–Trinajstić information content (AvgIpc) is 3.22. The van der Waals surface area contributed by atoms with E-state index in [1.165, 1.54) is 23.9 Å². The molecule has 3 aromatic carbocycles. The van der Waals surface area contributed by atoms with E-state index < -0.39 is 0 Å². The van der Waals surface area contributed by atoms with E-state index in [0.29, 0.717) is 32.5 Å². The molecular formula is C25H22Cl2FN5OS. The van der Waals surface area contributed by atoms with Gasteiger partial charge in [-0.05, 0) is 60.9 Å². The number of anilines is 1. The van der Waals surface area contributed by atoms with Gasteiger partial charge in [0.05, 0.1) is 17.3 Å². The monoisotopic (exact) mass is 529 g/mol. The van der Waals surface area contributed by atoms with E-state index in [9.17, 15) is 9.18 Å². The zero-order chi connectivity index (χ0) is 24.9. The van der Waals surface area contributed by atoms with Crippen LogP contribution in [0.4, 0.5) is 14.9 Å². The summed E-state index contributed by atoms with van der Waals surface area (Å²) in [6, 6.07) is 16.9. The van der Waals surface area contributed by atoms with Gasteiger partial charge in [0.1, 0.15) is 5.82 Å². The molecule has 10 heteroatoms. The molecule has 1 aromatic heterocycles. The molecule has 0 radical (unpaired) electrons. The van der Waals surface area contributed by atoms with Crippen molar-refractivity contribution in [3.05, 3.63) is 99.0 Å². The number of rotatable bonds is 7. The third kappa shape index (κ3) is 6.14. The number of carbonyl (C=O) groups excluding carboxylic acids is 1. The maximum absolute atomic E-state index is 13.2. The Kier molecular flexibility index (Phi) is 7.95. The van der Waals surface area contributed by atoms with Crippen molar-refractivity contribution in [2.75, 3.05) is 5.32 Å². The minimum atomic E-state index is -0.361. The Balaban J connectivity index is 1.56. The lowest BCUT2D eigenvalue weighted by molar-refractivity contribution is 0.251. The third-order valence-electron chi connectivity index (χ3n) is 5.26. The molecular weight excluding hydrogens is 508 g/mol. The summed E-state index contributed by atoms with van der Waals surface area (Å²) < 4.78 is 15.0. The molecule has 0 aliphatic heterocycles. The Bertz CT molecular complexity index is 1340. The largest absolute Gasteiger partial charge is 0.331 e. The van der Waals surface area contributed by atoms with Crippen LogP contribution in [0, 0.1) is 19.7 Å². The van der Waals surface area contributed by atoms with Crippen molar-refractivity contribution in [3.63, 3.8) is 0 Å². The summed E-state index contributed by atoms with van der Waals surface area (Å²) in [6.07, 6.45) is 0. The van der Waals surface area contributed by atoms with Crippen LogP contribution in [-0.4, -0.2) is 20.8 Å². The molecule has 0 aliphatic rings. The molecule has 0 spiro atoms. The fourth-order valence-electron chi connectivity index (χ4n) is 3.47. The van der Waals surface area contributed by atoms with Crippen molar-refractivity contribution in [2.45, 2.75) is 31.3 Å². The van der Waals surface area contributed by atoms with E-state index in [2.05, 4.69) is 20.8 Å². The molecule has 0 bridgehead atoms. The molecule has 0 saturated carbocycles. The molecule has 0 unspecified atom stereocenters. The van der Waals surface area contributed by atoms with Gasteiger partial charge in [0.15, 0.2) is 11.0 Å². The van der Waals surface area contributed by atoms with Crippen LogP contribution < -0.4 is 10.6 Å². The predicted molar refractivity (Wildman–Crippen MR) is 139 cm³/mol. The first-order valence-electron chi connectivity index (χ1n) is 10.7. The van der Waals surface area contributed by atoms with Gasteiger partial charge < -0.3 is 10.6 Å². The highest BCUT2D eigenvalue weighted by atomic mass is 35.5. The lowest BCUT2D eigenvalue weighted by Gasteiger charge is -2.14. The number of halogens is 3. The first kappa shape index (κ1) is 25.0. The van der Waals surface area contributed by atoms with Crippen LogP contribution in [0.2, 0.25) is 10.0 Å². The number of nitrogens with zero attached hydrogens (tertiary/aromatic N) is 3. The van der Waals surface area contributed by atoms with Gasteiger partial charge in [-0.15, -0.1) is 10.2 Å². The summed E-state index contributed by atoms with van der Waals surface area (Å²) in [5.74, 6) is 0.749. The van der Waals surface area contributed by atoms with Crippen LogP contribution in [0.1, 0.15) is 22.5 Å². The number of hydrogen-bond acceptors (Lipinski definition) is 4. The van der Waals surface area contributed by atoms with Crippen molar-refractivity contribution in [1.29, 1.82) is 0 Å². The van der Waals surface area contributed by atoms with Crippen LogP contribution in [0.3, 0.4) is 0 Å². The van der Waals surface area contributed by atoms with Gasteiger partial charge in [-0.2, -0.15) is 0 Å². The number of para-hydroxylation sites is 1. The van der Waals surface area contributed by atoms with E-state index in [4.69, 9.17) is 23.2 Å². The number of carbonyl (C=O) groups is 1. The number of hydrogen-bond donors (Lipinski definition) is 2. The first-order chi connectivity index (χ1) is 16.8. The second-order valence-corrected chi connectivity index (χ2v) is 9.61. The van der Waals surface area contributed by atoms with Crippen LogP contribution in [0.5, 0.6) is 0 Å². The number of nitrogens with one attached hydrogen (secondary N) is 2. The Labute approximate surface area is 216 Å². The molecule has 0 fully saturated rings. The van der Waals surface area contributed by atoms with Crippen molar-refractivity contribution in [1.82, 2.24) is 20.1 Å². The lowest BCUT2D eigenvalue weighted by Crippen LogP contribution is -2.30. The number of thioether (sulfide) groups is 1. The molecule has 35 heavy (non-hydrogen) atoms. The van der Waals surface area contributed by atoms with Gasteiger partial charge in [0.25, 0.3) is 0 Å². The third-order valence-corrected chi connectivity index (χ3v) is 6.80. The molecule has 0 saturated heterocycles. The van der Waals surface area contributed by atoms with Crippen molar-refractivity contribution in [3.8, 4) is 5.69 Å². The van der Waals surface area contributed by atoms with Gasteiger partial charge in [-0.3, -0.25) is 4.57 Å². The summed E-state index contributed by atoms with van der Waals surface area (Å²) in [5.41, 5.74) is 4.27. The van der Waals surface area contributed by atoms with E-state index in [1.54, 1.807) is 34.9 Å². The molecule has 6 nitrogen and oxygen atoms in total. The van der Waals surface area contributed by atoms with Crippen LogP contribution in [0.15, 0.2) is 65.8 Å². The maximum atomic E-state index is 13.2. The quantitative estimate of drug-likeness (QED) is 0.254. The summed E-state index contributed by atoms with van der Waals surface area (Å²) in [5, 5.41) is 15.8. The van der Waals surface area contributed by atoms with Crippen molar-refractivity contribution < 1.29 is 9.18 Å². The Hall–Kier alpha value is -3.07. The first-order valence-corrected chi connectivity index (χ1v) is 12.4. The Morgan fingerprint density at radius 1 is 1.03 bits per heavy atom. The second-order valence-electron chi connectivity index (χ2n) is 7.82. The summed E-state index contributed by atoms with van der Waals surface area (Å²) >= 11 is 14.0. The van der Waals surface area contributed by atoms with E-state index >= 15 is 0 Å². The second kappa shape index (κ2) is 11.1. The summed E-state index contributed by atoms with van der Waals surface area (Å²) in [6.45, 7) is 3.98. The summed E-state index contributed by atoms with van der Waals surface area (Å²) in [7, 11) is 0. The van der Waals surface area contributed by atoms with E-state index in [-0.39, 0.29) is 18.4 Å². The standard InChI is InChI=1S/C25H22Cl2FN5OS/c1-15-4-3-5-16(2)23(15)30-24(34)29-13-22-31-32-25(35-14-17-6-9-19(28)10-7-17)33(22)21-11-8-18(26)12-20(21)27/h3-12H,13-14H2,1-2H3,(H2,29,30,34). The predicted octanol–water partition coefficient (Wildman–Crippen LogP) is 6.94. The van der Waals surface area contributed by atoms with Gasteiger partial charge in [-0.25, -0.2) is 9.18 Å². The molecule has 4 aromatic rings. The van der Waals surface area contributed by atoms with E-state index in [0.717, 1.165) is 22.4 Å². The van der Waals surface area contributed by atoms with Crippen molar-refractivity contribution in [2.24, 2.45) is 0 Å². The normalized spacial score (nSPS) is 10.9. The number of amides is 2. The molecule has 2 amide bonds. The highest BCUT2D eigenvalue weighted by Crippen LogP contribution is 2.31. The van der Waals surface area contributed by atoms with Crippen LogP contribution >= 0.6 is 35.0 Å². The minimum Gasteiger partial charge on any atom is -0.331 e. The fourth-order valence-corrected chi connectivity index (χ4v) is 4.88. The summed E-state index contributed by atoms with van der Waals surface area (Å²) in [4.78, 5) is 12.6. The minimum absolute atomic E-state index is 0.111. The van der Waals surface area contributed by atoms with Crippen LogP contribution in [-0.2, 0) is 12.3 Å². The van der Waals surface area contributed by atoms with Gasteiger partial charge in [-0.1, -0.05) is 65.3 Å². The SMILES string of the molecule is Cc1cccc(C)c1NC(=O)NCc1nnc(SCc2ccc(F)cc2)n1-c1ccc(Cl)cc1Cl. The average molecular weight is 530 g/mol. The Morgan fingerprint density at radius 2 is 1.74 bits per heavy atom. The molecule has 0 atom stereocenters. The topological polar surface area (TPSA) is 71.8 Å². The highest BCUT2D eigenvalue weighted by molar-refractivity contribution is 7.98. The van der Waals surface area contributed by atoms with Gasteiger partial charge in [0, 0.05) is 16.5 Å². The van der Waals surface area contributed by atoms with Gasteiger partial charge >= 0.3 is 6.03 Å². The smallest absolute Gasteiger partial charge is 0.319 e. The number of aromatic nitrogens is 3. The van der Waals surface area contributed by atoms with Gasteiger partial charge in [0.2, 0.25) is 0 Å². The zero-order valence-corrected chi connectivity index (χ0v) is 21.3. The number of urea groups is 1. The maximum Gasteiger partial charge on any atom is 0.319 e. The van der Waals surface area contributed by atoms with Crippen molar-refractivity contribution >= 4 is 46.7 Å². The zero-order valence-electron chi connectivity index (χ0n) is 19.0. The molecule has 0 aliphatic carbocycles. The lowest BCUT2D eigenvalue weighted by atomic mass is 10.1. The number of benzene rings is 3. The number of aryl methyl sites for hydroxylation is 2. The molecule has 4 rings (SSSR count).